The molecule has 1 aliphatic heterocycles. The molecule has 1 aromatic rings. The molecule has 0 amide bonds. The van der Waals surface area contributed by atoms with Crippen molar-refractivity contribution in [2.75, 3.05) is 26.2 Å². The summed E-state index contributed by atoms with van der Waals surface area (Å²) in [7, 11) is 0. The van der Waals surface area contributed by atoms with E-state index in [0.29, 0.717) is 16.6 Å². The maximum atomic E-state index is 12.2. The van der Waals surface area contributed by atoms with Crippen LogP contribution in [-0.4, -0.2) is 88.1 Å². The molecule has 14 heteroatoms. The number of hydrogen-bond acceptors (Lipinski definition) is 7. The minimum atomic E-state index is -4.60. The zero-order valence-corrected chi connectivity index (χ0v) is 18.8. The van der Waals surface area contributed by atoms with Gasteiger partial charge >= 0.3 is 18.3 Å². The minimum absolute atomic E-state index is 0.198. The first-order valence-electron chi connectivity index (χ1n) is 9.73. The van der Waals surface area contributed by atoms with Crippen molar-refractivity contribution in [1.82, 2.24) is 10.2 Å². The first-order valence-corrected chi connectivity index (χ1v) is 10.5. The fourth-order valence-corrected chi connectivity index (χ4v) is 3.45. The molecule has 1 saturated heterocycles. The van der Waals surface area contributed by atoms with E-state index in [0.717, 1.165) is 31.5 Å². The first-order chi connectivity index (χ1) is 15.3. The van der Waals surface area contributed by atoms with Gasteiger partial charge in [-0.3, -0.25) is 9.64 Å². The highest BCUT2D eigenvalue weighted by Gasteiger charge is 2.30. The summed E-state index contributed by atoms with van der Waals surface area (Å²) in [5.41, 5.74) is 0.849. The van der Waals surface area contributed by atoms with Crippen LogP contribution in [0.1, 0.15) is 18.4 Å². The lowest BCUT2D eigenvalue weighted by molar-refractivity contribution is -0.325. The van der Waals surface area contributed by atoms with E-state index in [-0.39, 0.29) is 12.6 Å². The number of aliphatic carboxylic acids is 2. The van der Waals surface area contributed by atoms with Crippen molar-refractivity contribution in [2.24, 2.45) is 0 Å². The number of aliphatic hydroxyl groups excluding tert-OH is 2. The number of rotatable bonds is 9. The highest BCUT2D eigenvalue weighted by molar-refractivity contribution is 6.35. The maximum absolute atomic E-state index is 12.2. The molecule has 1 aliphatic rings. The van der Waals surface area contributed by atoms with Gasteiger partial charge in [0.1, 0.15) is 0 Å². The summed E-state index contributed by atoms with van der Waals surface area (Å²) < 4.78 is 40.5. The summed E-state index contributed by atoms with van der Waals surface area (Å²) in [6.07, 6.45) is -7.36. The Morgan fingerprint density at radius 2 is 1.67 bits per heavy atom. The topological polar surface area (TPSA) is 140 Å². The Hall–Kier alpha value is -1.67. The van der Waals surface area contributed by atoms with Crippen molar-refractivity contribution >= 4 is 35.1 Å². The summed E-state index contributed by atoms with van der Waals surface area (Å²) in [4.78, 5) is 21.5. The van der Waals surface area contributed by atoms with Crippen molar-refractivity contribution in [3.05, 3.63) is 33.8 Å². The predicted molar refractivity (Wildman–Crippen MR) is 112 cm³/mol. The van der Waals surface area contributed by atoms with Crippen LogP contribution in [0.25, 0.3) is 0 Å². The molecule has 5 N–H and O–H groups in total. The second kappa shape index (κ2) is 13.9. The number of ether oxygens (including phenoxy) is 1. The summed E-state index contributed by atoms with van der Waals surface area (Å²) in [5, 5.41) is 36.8. The Kier molecular flexibility index (Phi) is 12.4. The van der Waals surface area contributed by atoms with E-state index in [9.17, 15) is 22.8 Å². The molecule has 1 heterocycles. The highest BCUT2D eigenvalue weighted by atomic mass is 35.5. The minimum Gasteiger partial charge on any atom is -0.479 e. The lowest BCUT2D eigenvalue weighted by Gasteiger charge is -2.35. The van der Waals surface area contributed by atoms with E-state index >= 15 is 0 Å². The molecule has 1 aromatic carbocycles. The normalized spacial score (nSPS) is 16.6. The van der Waals surface area contributed by atoms with Gasteiger partial charge in [0.25, 0.3) is 0 Å². The van der Waals surface area contributed by atoms with E-state index in [2.05, 4.69) is 10.1 Å². The average molecular weight is 521 g/mol. The molecule has 1 fully saturated rings. The molecule has 33 heavy (non-hydrogen) atoms. The lowest BCUT2D eigenvalue weighted by Crippen LogP contribution is -2.44. The van der Waals surface area contributed by atoms with Gasteiger partial charge in [-0.05, 0) is 43.6 Å². The zero-order chi connectivity index (χ0) is 25.2. The van der Waals surface area contributed by atoms with Gasteiger partial charge in [-0.2, -0.15) is 0 Å². The summed E-state index contributed by atoms with van der Waals surface area (Å²) >= 11 is 12.1. The van der Waals surface area contributed by atoms with Crippen LogP contribution in [0, 0.1) is 0 Å². The fraction of sp³-hybridized carbons (Fsp3) is 0.579. The Bertz CT molecular complexity index is 762. The number of carbonyl (C=O) groups is 2. The van der Waals surface area contributed by atoms with Crippen LogP contribution in [0.15, 0.2) is 18.2 Å². The van der Waals surface area contributed by atoms with Crippen LogP contribution in [-0.2, 0) is 20.9 Å². The molecular weight excluding hydrogens is 496 g/mol. The van der Waals surface area contributed by atoms with Crippen LogP contribution >= 0.6 is 23.2 Å². The third-order valence-corrected chi connectivity index (χ3v) is 5.25. The van der Waals surface area contributed by atoms with Gasteiger partial charge in [0.05, 0.1) is 6.61 Å². The summed E-state index contributed by atoms with van der Waals surface area (Å²) in [5.74, 6) is -3.54. The molecule has 0 aliphatic carbocycles. The molecule has 2 rings (SSSR count). The Labute approximate surface area is 197 Å². The molecular formula is C19H25Cl2F3N2O7. The SMILES string of the molecule is FC(F)(F)OCCN(Cc1ccc(Cl)cc1Cl)C1CCNCC1.O=C(O)C(O)C(O)C(=O)O. The van der Waals surface area contributed by atoms with Gasteiger partial charge in [0.2, 0.25) is 0 Å². The number of halogens is 5. The van der Waals surface area contributed by atoms with Crippen LogP contribution < -0.4 is 5.32 Å². The standard InChI is InChI=1S/C15H19Cl2F3N2O.C4H6O6/c16-12-2-1-11(14(17)9-12)10-22(7-8-23-15(18,19)20)13-3-5-21-6-4-13;5-1(3(7)8)2(6)4(9)10/h1-2,9,13,21H,3-8,10H2;1-2,5-6H,(H,7,8)(H,9,10). The number of hydrogen-bond donors (Lipinski definition) is 5. The van der Waals surface area contributed by atoms with Gasteiger partial charge in [-0.25, -0.2) is 9.59 Å². The smallest absolute Gasteiger partial charge is 0.479 e. The number of aliphatic hydroxyl groups is 2. The number of nitrogens with zero attached hydrogens (tertiary/aromatic N) is 1. The van der Waals surface area contributed by atoms with E-state index in [1.165, 1.54) is 0 Å². The van der Waals surface area contributed by atoms with Gasteiger partial charge < -0.3 is 25.7 Å². The van der Waals surface area contributed by atoms with Crippen molar-refractivity contribution in [2.45, 2.75) is 44.0 Å². The summed E-state index contributed by atoms with van der Waals surface area (Å²) in [6.45, 7) is 1.99. The highest BCUT2D eigenvalue weighted by Crippen LogP contribution is 2.25. The Morgan fingerprint density at radius 1 is 1.12 bits per heavy atom. The second-order valence-electron chi connectivity index (χ2n) is 7.05. The Morgan fingerprint density at radius 3 is 2.12 bits per heavy atom. The van der Waals surface area contributed by atoms with Gasteiger partial charge in [0, 0.05) is 29.2 Å². The van der Waals surface area contributed by atoms with Crippen molar-refractivity contribution in [1.29, 1.82) is 0 Å². The van der Waals surface area contributed by atoms with E-state index in [1.807, 2.05) is 11.0 Å². The average Bonchev–Trinajstić information content (AvgIpc) is 2.73. The number of nitrogens with one attached hydrogen (secondary N) is 1. The molecule has 0 radical (unpaired) electrons. The van der Waals surface area contributed by atoms with E-state index in [4.69, 9.17) is 43.6 Å². The van der Waals surface area contributed by atoms with Crippen LogP contribution in [0.3, 0.4) is 0 Å². The van der Waals surface area contributed by atoms with Gasteiger partial charge in [-0.1, -0.05) is 29.3 Å². The molecule has 0 spiro atoms. The molecule has 0 bridgehead atoms. The molecule has 9 nitrogen and oxygen atoms in total. The largest absolute Gasteiger partial charge is 0.522 e. The molecule has 0 aromatic heterocycles. The quantitative estimate of drug-likeness (QED) is 0.330. The van der Waals surface area contributed by atoms with E-state index < -0.39 is 37.1 Å². The number of carboxylic acids is 2. The van der Waals surface area contributed by atoms with Crippen LogP contribution in [0.2, 0.25) is 10.0 Å². The number of alkyl halides is 3. The molecule has 0 saturated carbocycles. The predicted octanol–water partition coefficient (Wildman–Crippen LogP) is 1.96. The van der Waals surface area contributed by atoms with Crippen molar-refractivity contribution in [3.8, 4) is 0 Å². The molecule has 2 unspecified atom stereocenters. The number of piperidine rings is 1. The third-order valence-electron chi connectivity index (χ3n) is 4.66. The second-order valence-corrected chi connectivity index (χ2v) is 7.89. The van der Waals surface area contributed by atoms with Gasteiger partial charge in [-0.15, -0.1) is 13.2 Å². The molecule has 2 atom stereocenters. The van der Waals surface area contributed by atoms with Crippen LogP contribution in [0.4, 0.5) is 13.2 Å². The number of carboxylic acid groups (broad SMARTS) is 2. The number of benzene rings is 1. The molecule has 188 valence electrons. The lowest BCUT2D eigenvalue weighted by atomic mass is 10.0. The third kappa shape index (κ3) is 11.3. The zero-order valence-electron chi connectivity index (χ0n) is 17.3. The van der Waals surface area contributed by atoms with Crippen molar-refractivity contribution in [3.63, 3.8) is 0 Å². The van der Waals surface area contributed by atoms with E-state index in [1.54, 1.807) is 12.1 Å². The Balaban J connectivity index is 0.000000461. The fourth-order valence-electron chi connectivity index (χ4n) is 2.98. The first kappa shape index (κ1) is 29.4. The summed E-state index contributed by atoms with van der Waals surface area (Å²) in [6, 6.07) is 5.39. The van der Waals surface area contributed by atoms with Crippen molar-refractivity contribution < 1.29 is 47.9 Å². The monoisotopic (exact) mass is 520 g/mol. The van der Waals surface area contributed by atoms with Gasteiger partial charge in [0.15, 0.2) is 12.2 Å². The van der Waals surface area contributed by atoms with Crippen LogP contribution in [0.5, 0.6) is 0 Å². The maximum Gasteiger partial charge on any atom is 0.522 e.